The second kappa shape index (κ2) is 8.47. The predicted octanol–water partition coefficient (Wildman–Crippen LogP) is 2.67. The molecule has 2 saturated heterocycles. The molecule has 0 radical (unpaired) electrons. The maximum atomic E-state index is 13.3. The van der Waals surface area contributed by atoms with Gasteiger partial charge in [-0.05, 0) is 61.8 Å². The summed E-state index contributed by atoms with van der Waals surface area (Å²) in [6.45, 7) is 10.1. The van der Waals surface area contributed by atoms with Crippen molar-refractivity contribution in [2.24, 2.45) is 11.3 Å². The number of Topliss-reactive ketones (excluding diaryl/α,β-unsaturated/α-hetero) is 1. The second-order valence-corrected chi connectivity index (χ2v) is 10.7. The fourth-order valence-corrected chi connectivity index (χ4v) is 6.01. The fraction of sp³-hybridized carbons (Fsp3) is 0.600. The molecule has 3 aliphatic rings. The van der Waals surface area contributed by atoms with E-state index in [1.807, 2.05) is 24.3 Å². The molecule has 4 rings (SSSR count). The number of nitrogens with one attached hydrogen (secondary N) is 1. The summed E-state index contributed by atoms with van der Waals surface area (Å²) in [5.74, 6) is -0.105. The van der Waals surface area contributed by atoms with Crippen LogP contribution in [-0.4, -0.2) is 71.7 Å². The topological polar surface area (TPSA) is 90.0 Å². The van der Waals surface area contributed by atoms with Gasteiger partial charge in [-0.2, -0.15) is 0 Å². The number of anilines is 1. The Balaban J connectivity index is 1.36. The van der Waals surface area contributed by atoms with Gasteiger partial charge < -0.3 is 15.1 Å². The Labute approximate surface area is 195 Å². The lowest BCUT2D eigenvalue weighted by Gasteiger charge is -2.43. The Bertz CT molecular complexity index is 965. The molecule has 2 atom stereocenters. The van der Waals surface area contributed by atoms with Crippen molar-refractivity contribution < 1.29 is 19.2 Å². The molecule has 1 aromatic rings. The zero-order chi connectivity index (χ0) is 24.0. The summed E-state index contributed by atoms with van der Waals surface area (Å²) in [4.78, 5) is 55.4. The summed E-state index contributed by atoms with van der Waals surface area (Å²) in [6, 6.07) is 7.02. The lowest BCUT2D eigenvalue weighted by molar-refractivity contribution is -0.140. The number of piperazine rings is 1. The van der Waals surface area contributed by atoms with Crippen LogP contribution in [-0.2, 0) is 9.59 Å². The van der Waals surface area contributed by atoms with Crippen molar-refractivity contribution in [1.82, 2.24) is 15.1 Å². The summed E-state index contributed by atoms with van der Waals surface area (Å²) >= 11 is 0. The zero-order valence-electron chi connectivity index (χ0n) is 20.0. The highest BCUT2D eigenvalue weighted by Gasteiger charge is 2.56. The van der Waals surface area contributed by atoms with Gasteiger partial charge in [0.2, 0.25) is 5.91 Å². The van der Waals surface area contributed by atoms with Crippen LogP contribution >= 0.6 is 0 Å². The molecule has 1 saturated carbocycles. The third-order valence-electron chi connectivity index (χ3n) is 7.19. The molecule has 1 aliphatic carbocycles. The largest absolute Gasteiger partial charge is 0.368 e. The van der Waals surface area contributed by atoms with Gasteiger partial charge in [0.1, 0.15) is 12.1 Å². The quantitative estimate of drug-likeness (QED) is 0.558. The van der Waals surface area contributed by atoms with Crippen LogP contribution in [0.3, 0.4) is 0 Å². The van der Waals surface area contributed by atoms with Gasteiger partial charge in [-0.1, -0.05) is 20.8 Å². The van der Waals surface area contributed by atoms with Crippen molar-refractivity contribution in [2.75, 3.05) is 37.6 Å². The Morgan fingerprint density at radius 2 is 1.67 bits per heavy atom. The van der Waals surface area contributed by atoms with Crippen LogP contribution in [0, 0.1) is 11.3 Å². The fourth-order valence-electron chi connectivity index (χ4n) is 6.01. The number of imide groups is 1. The lowest BCUT2D eigenvalue weighted by atomic mass is 9.64. The molecule has 1 N–H and O–H groups in total. The molecule has 2 aliphatic heterocycles. The zero-order valence-corrected chi connectivity index (χ0v) is 20.0. The molecule has 4 amide bonds. The molecular formula is C25H34N4O4. The molecule has 8 heteroatoms. The predicted molar refractivity (Wildman–Crippen MR) is 125 cm³/mol. The maximum Gasteiger partial charge on any atom is 0.325 e. The molecule has 3 fully saturated rings. The highest BCUT2D eigenvalue weighted by Crippen LogP contribution is 2.46. The monoisotopic (exact) mass is 454 g/mol. The minimum absolute atomic E-state index is 0.0329. The normalized spacial score (nSPS) is 27.2. The number of rotatable bonds is 4. The molecule has 0 aromatic heterocycles. The standard InChI is InChI=1S/C25H34N4O4/c1-17-13-24(3,4)16-25(14-17)22(32)29(23(33)26-25)15-21(31)28-11-9-27(10-12-28)20-7-5-19(6-8-20)18(2)30/h5-8,17H,9-16H2,1-4H3,(H,26,33)/t17-,25+/m0/s1. The summed E-state index contributed by atoms with van der Waals surface area (Å²) in [5, 5.41) is 2.94. The second-order valence-electron chi connectivity index (χ2n) is 10.7. The van der Waals surface area contributed by atoms with Crippen molar-refractivity contribution in [2.45, 2.75) is 52.5 Å². The van der Waals surface area contributed by atoms with Crippen molar-refractivity contribution in [3.05, 3.63) is 29.8 Å². The van der Waals surface area contributed by atoms with E-state index in [-0.39, 0.29) is 29.6 Å². The van der Waals surface area contributed by atoms with Crippen LogP contribution in [0.25, 0.3) is 0 Å². The van der Waals surface area contributed by atoms with Crippen molar-refractivity contribution in [3.8, 4) is 0 Å². The summed E-state index contributed by atoms with van der Waals surface area (Å²) in [6.07, 6.45) is 2.23. The van der Waals surface area contributed by atoms with Crippen LogP contribution in [0.2, 0.25) is 0 Å². The first-order chi connectivity index (χ1) is 15.5. The van der Waals surface area contributed by atoms with Crippen molar-refractivity contribution in [3.63, 3.8) is 0 Å². The van der Waals surface area contributed by atoms with Crippen LogP contribution < -0.4 is 10.2 Å². The van der Waals surface area contributed by atoms with E-state index < -0.39 is 11.6 Å². The van der Waals surface area contributed by atoms with E-state index in [0.29, 0.717) is 50.5 Å². The number of carbonyl (C=O) groups is 4. The average molecular weight is 455 g/mol. The number of benzene rings is 1. The van der Waals surface area contributed by atoms with Gasteiger partial charge in [-0.3, -0.25) is 19.3 Å². The van der Waals surface area contributed by atoms with Crippen LogP contribution in [0.15, 0.2) is 24.3 Å². The number of amides is 4. The van der Waals surface area contributed by atoms with Crippen LogP contribution in [0.4, 0.5) is 10.5 Å². The molecular weight excluding hydrogens is 420 g/mol. The minimum Gasteiger partial charge on any atom is -0.368 e. The van der Waals surface area contributed by atoms with E-state index in [2.05, 4.69) is 31.0 Å². The first-order valence-electron chi connectivity index (χ1n) is 11.8. The van der Waals surface area contributed by atoms with Crippen LogP contribution in [0.1, 0.15) is 57.3 Å². The SMILES string of the molecule is CC(=O)c1ccc(N2CCN(C(=O)CN3C(=O)N[C@@]4(C[C@@H](C)CC(C)(C)C4)C3=O)CC2)cc1. The number of hydrogen-bond acceptors (Lipinski definition) is 5. The molecule has 2 heterocycles. The van der Waals surface area contributed by atoms with E-state index >= 15 is 0 Å². The van der Waals surface area contributed by atoms with Crippen molar-refractivity contribution in [1.29, 1.82) is 0 Å². The molecule has 1 aromatic carbocycles. The Morgan fingerprint density at radius 1 is 1.03 bits per heavy atom. The molecule has 1 spiro atoms. The van der Waals surface area contributed by atoms with Crippen molar-refractivity contribution >= 4 is 29.3 Å². The Morgan fingerprint density at radius 3 is 2.24 bits per heavy atom. The maximum absolute atomic E-state index is 13.3. The van der Waals surface area contributed by atoms with Gasteiger partial charge in [0.25, 0.3) is 5.91 Å². The Hall–Kier alpha value is -2.90. The van der Waals surface area contributed by atoms with Gasteiger partial charge in [-0.25, -0.2) is 4.79 Å². The molecule has 0 unspecified atom stereocenters. The van der Waals surface area contributed by atoms with Gasteiger partial charge in [-0.15, -0.1) is 0 Å². The highest BCUT2D eigenvalue weighted by molar-refractivity contribution is 6.09. The van der Waals surface area contributed by atoms with E-state index in [1.54, 1.807) is 11.8 Å². The summed E-state index contributed by atoms with van der Waals surface area (Å²) in [5.41, 5.74) is 0.759. The first kappa shape index (κ1) is 23.3. The van der Waals surface area contributed by atoms with E-state index in [4.69, 9.17) is 0 Å². The first-order valence-corrected chi connectivity index (χ1v) is 11.8. The molecule has 178 valence electrons. The van der Waals surface area contributed by atoms with Gasteiger partial charge >= 0.3 is 6.03 Å². The number of hydrogen-bond donors (Lipinski definition) is 1. The third-order valence-corrected chi connectivity index (χ3v) is 7.19. The summed E-state index contributed by atoms with van der Waals surface area (Å²) < 4.78 is 0. The van der Waals surface area contributed by atoms with Gasteiger partial charge in [0, 0.05) is 37.4 Å². The smallest absolute Gasteiger partial charge is 0.325 e. The van der Waals surface area contributed by atoms with E-state index in [0.717, 1.165) is 17.0 Å². The number of ketones is 1. The Kier molecular flexibility index (Phi) is 5.97. The molecule has 8 nitrogen and oxygen atoms in total. The van der Waals surface area contributed by atoms with Gasteiger partial charge in [0.15, 0.2) is 5.78 Å². The van der Waals surface area contributed by atoms with E-state index in [1.165, 1.54) is 0 Å². The van der Waals surface area contributed by atoms with Crippen LogP contribution in [0.5, 0.6) is 0 Å². The lowest BCUT2D eigenvalue weighted by Crippen LogP contribution is -2.55. The van der Waals surface area contributed by atoms with E-state index in [9.17, 15) is 19.2 Å². The third kappa shape index (κ3) is 4.61. The highest BCUT2D eigenvalue weighted by atomic mass is 16.2. The summed E-state index contributed by atoms with van der Waals surface area (Å²) in [7, 11) is 0. The molecule has 0 bridgehead atoms. The minimum atomic E-state index is -0.886. The number of nitrogens with zero attached hydrogens (tertiary/aromatic N) is 3. The average Bonchev–Trinajstić information content (AvgIpc) is 2.95. The number of carbonyl (C=O) groups excluding carboxylic acids is 4. The van der Waals surface area contributed by atoms with Gasteiger partial charge in [0.05, 0.1) is 0 Å². The number of urea groups is 1. The molecule has 33 heavy (non-hydrogen) atoms.